The van der Waals surface area contributed by atoms with E-state index in [0.29, 0.717) is 33.1 Å². The molecule has 0 amide bonds. The molecule has 1 saturated heterocycles. The van der Waals surface area contributed by atoms with Crippen LogP contribution in [0.4, 0.5) is 5.95 Å². The van der Waals surface area contributed by atoms with Crippen molar-refractivity contribution in [3.63, 3.8) is 0 Å². The third-order valence-electron chi connectivity index (χ3n) is 4.41. The average molecular weight is 374 g/mol. The van der Waals surface area contributed by atoms with Crippen LogP contribution in [-0.2, 0) is 4.74 Å². The van der Waals surface area contributed by atoms with Crippen LogP contribution in [0.15, 0.2) is 12.1 Å². The fraction of sp³-hybridized carbons (Fsp3) is 0.533. The quantitative estimate of drug-likeness (QED) is 0.648. The molecule has 2 fully saturated rings. The van der Waals surface area contributed by atoms with Crippen LogP contribution in [0.1, 0.15) is 19.1 Å². The maximum Gasteiger partial charge on any atom is 0.206 e. The number of benzene rings is 1. The van der Waals surface area contributed by atoms with E-state index in [1.165, 1.54) is 0 Å². The van der Waals surface area contributed by atoms with Crippen LogP contribution in [0, 0.1) is 0 Å². The summed E-state index contributed by atoms with van der Waals surface area (Å²) < 4.78 is 7.32. The molecular weight excluding hydrogens is 357 g/mol. The minimum atomic E-state index is -1.20. The first-order valence-electron chi connectivity index (χ1n) is 7.75. The van der Waals surface area contributed by atoms with Gasteiger partial charge in [0.15, 0.2) is 6.23 Å². The largest absolute Gasteiger partial charge is 0.394 e. The van der Waals surface area contributed by atoms with Crippen molar-refractivity contribution in [1.82, 2.24) is 9.55 Å². The Labute approximate surface area is 147 Å². The summed E-state index contributed by atoms with van der Waals surface area (Å²) in [6.07, 6.45) is -2.05. The average Bonchev–Trinajstić information content (AvgIpc) is 3.25. The van der Waals surface area contributed by atoms with Crippen LogP contribution >= 0.6 is 23.2 Å². The highest BCUT2D eigenvalue weighted by molar-refractivity contribution is 6.42. The van der Waals surface area contributed by atoms with Gasteiger partial charge in [-0.15, -0.1) is 0 Å². The van der Waals surface area contributed by atoms with Gasteiger partial charge in [-0.1, -0.05) is 23.2 Å². The maximum atomic E-state index is 10.4. The lowest BCUT2D eigenvalue weighted by atomic mass is 10.1. The van der Waals surface area contributed by atoms with Crippen LogP contribution in [0.25, 0.3) is 11.0 Å². The van der Waals surface area contributed by atoms with E-state index in [2.05, 4.69) is 10.3 Å². The van der Waals surface area contributed by atoms with E-state index >= 15 is 0 Å². The summed E-state index contributed by atoms with van der Waals surface area (Å²) >= 11 is 12.2. The number of aromatic nitrogens is 2. The minimum absolute atomic E-state index is 0.323. The van der Waals surface area contributed by atoms with Crippen molar-refractivity contribution in [1.29, 1.82) is 0 Å². The molecule has 1 aromatic carbocycles. The topological polar surface area (TPSA) is 99.8 Å². The van der Waals surface area contributed by atoms with E-state index in [4.69, 9.17) is 27.9 Å². The highest BCUT2D eigenvalue weighted by atomic mass is 35.5. The van der Waals surface area contributed by atoms with E-state index < -0.39 is 24.5 Å². The zero-order chi connectivity index (χ0) is 17.0. The van der Waals surface area contributed by atoms with Gasteiger partial charge in [-0.25, -0.2) is 4.98 Å². The van der Waals surface area contributed by atoms with Gasteiger partial charge in [0, 0.05) is 6.04 Å². The smallest absolute Gasteiger partial charge is 0.206 e. The standard InChI is InChI=1S/C15H17Cl2N3O4/c16-7-3-9-10(4-8(7)17)20(15(19-9)18-6-1-2-6)14-13(23)12(22)11(5-21)24-14/h3-4,6,11-14,21-23H,1-2,5H2,(H,18,19)/t11-,12-,13-,14?/m0/s1. The molecule has 2 aliphatic rings. The Kier molecular flexibility index (Phi) is 4.11. The molecule has 130 valence electrons. The number of hydrogen-bond donors (Lipinski definition) is 4. The second kappa shape index (κ2) is 6.01. The van der Waals surface area contributed by atoms with Crippen molar-refractivity contribution >= 4 is 40.2 Å². The summed E-state index contributed by atoms with van der Waals surface area (Å²) in [6.45, 7) is -0.390. The minimum Gasteiger partial charge on any atom is -0.394 e. The Bertz CT molecular complexity index is 780. The summed E-state index contributed by atoms with van der Waals surface area (Å²) in [7, 11) is 0. The molecule has 1 saturated carbocycles. The van der Waals surface area contributed by atoms with Crippen molar-refractivity contribution in [2.75, 3.05) is 11.9 Å². The Hall–Kier alpha value is -1.09. The number of fused-ring (bicyclic) bond motifs is 1. The first-order valence-corrected chi connectivity index (χ1v) is 8.51. The number of aliphatic hydroxyl groups is 3. The Morgan fingerprint density at radius 3 is 2.54 bits per heavy atom. The van der Waals surface area contributed by atoms with Crippen molar-refractivity contribution in [2.24, 2.45) is 0 Å². The molecule has 4 atom stereocenters. The lowest BCUT2D eigenvalue weighted by molar-refractivity contribution is -0.0499. The summed E-state index contributed by atoms with van der Waals surface area (Å²) in [5.41, 5.74) is 1.23. The molecule has 2 aromatic rings. The number of aliphatic hydroxyl groups excluding tert-OH is 3. The first kappa shape index (κ1) is 16.4. The molecule has 1 aliphatic carbocycles. The predicted molar refractivity (Wildman–Crippen MR) is 89.4 cm³/mol. The number of ether oxygens (including phenoxy) is 1. The summed E-state index contributed by atoms with van der Waals surface area (Å²) in [6, 6.07) is 3.62. The van der Waals surface area contributed by atoms with Gasteiger partial charge in [-0.2, -0.15) is 0 Å². The molecule has 9 heteroatoms. The van der Waals surface area contributed by atoms with Crippen LogP contribution in [0.5, 0.6) is 0 Å². The van der Waals surface area contributed by atoms with Crippen LogP contribution in [-0.4, -0.2) is 55.8 Å². The molecule has 0 bridgehead atoms. The lowest BCUT2D eigenvalue weighted by Crippen LogP contribution is -2.33. The van der Waals surface area contributed by atoms with Gasteiger partial charge in [0.1, 0.15) is 18.3 Å². The van der Waals surface area contributed by atoms with E-state index in [1.807, 2.05) is 0 Å². The van der Waals surface area contributed by atoms with Crippen molar-refractivity contribution in [3.8, 4) is 0 Å². The van der Waals surface area contributed by atoms with Crippen LogP contribution < -0.4 is 5.32 Å². The molecule has 24 heavy (non-hydrogen) atoms. The fourth-order valence-electron chi connectivity index (χ4n) is 2.95. The van der Waals surface area contributed by atoms with E-state index in [-0.39, 0.29) is 6.61 Å². The summed E-state index contributed by atoms with van der Waals surface area (Å²) in [4.78, 5) is 4.52. The number of rotatable bonds is 4. The van der Waals surface area contributed by atoms with Gasteiger partial charge in [0.2, 0.25) is 5.95 Å². The molecule has 1 unspecified atom stereocenters. The van der Waals surface area contributed by atoms with E-state index in [1.54, 1.807) is 16.7 Å². The van der Waals surface area contributed by atoms with E-state index in [9.17, 15) is 15.3 Å². The van der Waals surface area contributed by atoms with Crippen LogP contribution in [0.2, 0.25) is 10.0 Å². The number of imidazole rings is 1. The molecule has 7 nitrogen and oxygen atoms in total. The zero-order valence-electron chi connectivity index (χ0n) is 12.6. The predicted octanol–water partition coefficient (Wildman–Crippen LogP) is 1.53. The third kappa shape index (κ3) is 2.65. The molecular formula is C15H17Cl2N3O4. The monoisotopic (exact) mass is 373 g/mol. The number of hydrogen-bond acceptors (Lipinski definition) is 6. The van der Waals surface area contributed by atoms with Gasteiger partial charge in [0.05, 0.1) is 27.7 Å². The van der Waals surface area contributed by atoms with Gasteiger partial charge >= 0.3 is 0 Å². The molecule has 1 aromatic heterocycles. The Morgan fingerprint density at radius 2 is 1.92 bits per heavy atom. The number of anilines is 1. The normalized spacial score (nSPS) is 30.2. The summed E-state index contributed by atoms with van der Waals surface area (Å²) in [5, 5.41) is 33.8. The van der Waals surface area contributed by atoms with Crippen molar-refractivity contribution in [3.05, 3.63) is 22.2 Å². The third-order valence-corrected chi connectivity index (χ3v) is 5.14. The van der Waals surface area contributed by atoms with Gasteiger partial charge in [-0.05, 0) is 25.0 Å². The fourth-order valence-corrected chi connectivity index (χ4v) is 3.27. The second-order valence-corrected chi connectivity index (χ2v) is 7.02. The molecule has 4 N–H and O–H groups in total. The van der Waals surface area contributed by atoms with E-state index in [0.717, 1.165) is 12.8 Å². The zero-order valence-corrected chi connectivity index (χ0v) is 14.1. The number of nitrogens with one attached hydrogen (secondary N) is 1. The maximum absolute atomic E-state index is 10.4. The molecule has 4 rings (SSSR count). The number of halogens is 2. The molecule has 1 aliphatic heterocycles. The van der Waals surface area contributed by atoms with Crippen LogP contribution in [0.3, 0.4) is 0 Å². The lowest BCUT2D eigenvalue weighted by Gasteiger charge is -2.20. The highest BCUT2D eigenvalue weighted by Gasteiger charge is 2.45. The number of nitrogens with zero attached hydrogens (tertiary/aromatic N) is 2. The first-order chi connectivity index (χ1) is 11.5. The Morgan fingerprint density at radius 1 is 1.21 bits per heavy atom. The van der Waals surface area contributed by atoms with Crippen molar-refractivity contribution in [2.45, 2.75) is 43.4 Å². The van der Waals surface area contributed by atoms with Gasteiger partial charge in [0.25, 0.3) is 0 Å². The van der Waals surface area contributed by atoms with Crippen molar-refractivity contribution < 1.29 is 20.1 Å². The Balaban J connectivity index is 1.83. The molecule has 0 spiro atoms. The SMILES string of the molecule is OC[C@@H]1OC(n2c(NC3CC3)nc3cc(Cl)c(Cl)cc32)[C@@H](O)[C@H]1O. The highest BCUT2D eigenvalue weighted by Crippen LogP contribution is 2.38. The van der Waals surface area contributed by atoms with Gasteiger partial charge in [-0.3, -0.25) is 4.57 Å². The molecule has 2 heterocycles. The summed E-state index contributed by atoms with van der Waals surface area (Å²) in [5.74, 6) is 0.515. The van der Waals surface area contributed by atoms with Gasteiger partial charge < -0.3 is 25.4 Å². The second-order valence-electron chi connectivity index (χ2n) is 6.21. The molecule has 0 radical (unpaired) electrons.